The first-order chi connectivity index (χ1) is 45.1. The van der Waals surface area contributed by atoms with E-state index < -0.39 is 181 Å². The number of hydrogen-bond acceptors (Lipinski definition) is 34. The minimum Gasteiger partial charge on any atom is -0.476 e. The number of nitrogens with two attached hydrogens (primary N) is 2. The summed E-state index contributed by atoms with van der Waals surface area (Å²) in [5, 5.41) is 63.3. The molecule has 13 atom stereocenters. The van der Waals surface area contributed by atoms with Gasteiger partial charge in [-0.15, -0.1) is 34.4 Å². The van der Waals surface area contributed by atoms with Gasteiger partial charge in [0, 0.05) is 35.4 Å². The van der Waals surface area contributed by atoms with Gasteiger partial charge in [0.25, 0.3) is 0 Å². The highest BCUT2D eigenvalue weighted by molar-refractivity contribution is 8.00. The molecule has 4 saturated heterocycles. The minimum atomic E-state index is -5.00. The molecule has 39 nitrogen and oxygen atoms in total. The molecule has 45 heteroatoms. The van der Waals surface area contributed by atoms with E-state index in [1.807, 2.05) is 5.38 Å². The van der Waals surface area contributed by atoms with Crippen LogP contribution in [0.1, 0.15) is 35.1 Å². The standard InChI is InChI=1S/C25H25N7O13S3.C25H25N7O12S3/c26-19-15-20(28-8-27-19)31(9-29-15)22-18(35)17(34)13(44-22)6-43-48(41,42)30-25(39)45-14-7-47(40)23-12(21(36)32(23)16(14)24(37)38)5-10(33)4-11-2-1-3-46-11;26-19-15-20(28-8-27-19)31(9-29-15)22-18(35)17(34)13(43-22)6-42-47(40,41)30-25(39)44-14-7-46-23-12(21(36)32(23)16(14)24(37)38)5-10(33)4-11-2-1-3-45-11/h1-3,8-9,12-13,17-18,22-23,34-35H,4-7H2,(H,30,39)(H,37,38)(H2,26,27,28);1-3,8-9,12-13,17-18,22-23,34-35H,4-7H2,(H,30,39)(H,37,38)(H2,26,27,28)/t12-,13-,17-,18-,22-,23-,47?;12-,13-,17-,18-,22-,23-/m11/s1. The zero-order valence-corrected chi connectivity index (χ0v) is 52.8. The fourth-order valence-electron chi connectivity index (χ4n) is 10.8. The Hall–Kier alpha value is -8.58. The first-order valence-electron chi connectivity index (χ1n) is 27.4. The van der Waals surface area contributed by atoms with Gasteiger partial charge in [0.1, 0.15) is 77.3 Å². The van der Waals surface area contributed by atoms with Crippen LogP contribution in [0.2, 0.25) is 0 Å². The number of nitrogens with one attached hydrogen (secondary N) is 2. The normalized spacial score (nSPS) is 26.5. The lowest BCUT2D eigenvalue weighted by atomic mass is 9.90. The van der Waals surface area contributed by atoms with Crippen LogP contribution in [-0.2, 0) is 100 Å². The first-order valence-corrected chi connectivity index (χ1v) is 34.4. The van der Waals surface area contributed by atoms with Gasteiger partial charge in [0.15, 0.2) is 58.3 Å². The van der Waals surface area contributed by atoms with Crippen LogP contribution < -0.4 is 20.9 Å². The fraction of sp³-hybridized carbons (Fsp3) is 0.400. The number of carboxylic acids is 2. The van der Waals surface area contributed by atoms with E-state index in [1.54, 1.807) is 29.6 Å². The molecule has 6 aliphatic rings. The van der Waals surface area contributed by atoms with Gasteiger partial charge in [0.05, 0.1) is 65.4 Å². The smallest absolute Gasteiger partial charge is 0.427 e. The Kier molecular flexibility index (Phi) is 19.5. The molecule has 506 valence electrons. The van der Waals surface area contributed by atoms with Gasteiger partial charge >= 0.3 is 44.7 Å². The van der Waals surface area contributed by atoms with Gasteiger partial charge in [-0.05, 0) is 22.9 Å². The van der Waals surface area contributed by atoms with Crippen molar-refractivity contribution in [3.8, 4) is 0 Å². The second kappa shape index (κ2) is 27.3. The van der Waals surface area contributed by atoms with E-state index in [-0.39, 0.29) is 77.0 Å². The van der Waals surface area contributed by atoms with Gasteiger partial charge in [-0.1, -0.05) is 12.1 Å². The molecular weight excluding hydrogens is 1390 g/mol. The number of nitrogens with zero attached hydrogens (tertiary/aromatic N) is 10. The maximum Gasteiger partial charge on any atom is 0.427 e. The molecule has 4 fully saturated rings. The number of rotatable bonds is 22. The summed E-state index contributed by atoms with van der Waals surface area (Å²) in [5.41, 5.74) is 10.7. The number of hydrogen-bond donors (Lipinski definition) is 10. The molecule has 0 spiro atoms. The number of carboxylic acid groups (broad SMARTS) is 2. The van der Waals surface area contributed by atoms with Crippen LogP contribution >= 0.6 is 34.4 Å². The summed E-state index contributed by atoms with van der Waals surface area (Å²) >= 11 is 3.80. The monoisotopic (exact) mass is 1440 g/mol. The number of anilines is 2. The van der Waals surface area contributed by atoms with Crippen molar-refractivity contribution in [3.05, 3.63) is 93.0 Å². The Morgan fingerprint density at radius 1 is 0.642 bits per heavy atom. The second-order valence-corrected chi connectivity index (χ2v) is 28.5. The second-order valence-electron chi connectivity index (χ2n) is 21.1. The summed E-state index contributed by atoms with van der Waals surface area (Å²) in [7, 11) is -11.9. The zero-order valence-electron chi connectivity index (χ0n) is 47.9. The molecule has 12 rings (SSSR count). The number of amides is 4. The molecule has 95 heavy (non-hydrogen) atoms. The SMILES string of the molecule is Nc1ncnc2c1ncn2[C@@H]1O[C@H](COS(=O)(=O)NC(=O)OC2=C(C(=O)O)N3C(=O)[C@@H](CC(=O)Cc4cccs4)[C@H]3S(=O)C2)[C@@H](O)[C@H]1O.Nc1ncnc2c1ncn2[C@@H]1O[C@H](COS(=O)(=O)NC(=O)OC2=C(C(=O)O)N3C(=O)[C@@H](CC(=O)Cc4cccs4)[C@H]3SC2)[C@@H](O)[C@H]1O. The zero-order chi connectivity index (χ0) is 68.1. The Morgan fingerprint density at radius 3 is 1.56 bits per heavy atom. The topological polar surface area (TPSA) is 568 Å². The summed E-state index contributed by atoms with van der Waals surface area (Å²) in [6, 6.07) is 7.09. The van der Waals surface area contributed by atoms with Crippen LogP contribution in [0.15, 0.2) is 83.2 Å². The Balaban J connectivity index is 0.000000193. The number of ether oxygens (including phenoxy) is 4. The average Bonchev–Trinajstić information content (AvgIpc) is 1.67. The van der Waals surface area contributed by atoms with Crippen molar-refractivity contribution in [3.63, 3.8) is 0 Å². The summed E-state index contributed by atoms with van der Waals surface area (Å²) < 4.78 is 98.8. The maximum atomic E-state index is 13.0. The molecule has 6 aliphatic heterocycles. The number of ketones is 2. The van der Waals surface area contributed by atoms with Gasteiger partial charge < -0.3 is 61.1 Å². The third kappa shape index (κ3) is 14.0. The number of β-lactam (4-membered cyclic amide) rings is 2. The molecule has 6 aromatic rings. The predicted octanol–water partition coefficient (Wildman–Crippen LogP) is -2.77. The van der Waals surface area contributed by atoms with Gasteiger partial charge in [-0.3, -0.25) is 50.7 Å². The van der Waals surface area contributed by atoms with Crippen molar-refractivity contribution < 1.29 is 117 Å². The van der Waals surface area contributed by atoms with Crippen LogP contribution in [0.5, 0.6) is 0 Å². The number of carbonyl (C=O) groups is 8. The molecule has 0 aromatic carbocycles. The fourth-order valence-corrected chi connectivity index (χ4v) is 16.4. The third-order valence-corrected chi connectivity index (χ3v) is 21.5. The summed E-state index contributed by atoms with van der Waals surface area (Å²) in [6.45, 7) is -1.78. The molecule has 6 aromatic heterocycles. The number of aromatic nitrogens is 8. The average molecular weight is 1440 g/mol. The number of thioether (sulfide) groups is 1. The summed E-state index contributed by atoms with van der Waals surface area (Å²) in [6.07, 6.45) is -10.7. The van der Waals surface area contributed by atoms with Crippen molar-refractivity contribution in [2.75, 3.05) is 36.2 Å². The van der Waals surface area contributed by atoms with E-state index in [4.69, 9.17) is 38.8 Å². The van der Waals surface area contributed by atoms with Crippen molar-refractivity contribution in [1.29, 1.82) is 0 Å². The van der Waals surface area contributed by atoms with Crippen LogP contribution in [-0.4, -0.2) is 220 Å². The number of carbonyl (C=O) groups excluding carboxylic acids is 6. The van der Waals surface area contributed by atoms with E-state index >= 15 is 0 Å². The number of imidazole rings is 2. The Morgan fingerprint density at radius 2 is 1.09 bits per heavy atom. The highest BCUT2D eigenvalue weighted by Gasteiger charge is 2.58. The highest BCUT2D eigenvalue weighted by Crippen LogP contribution is 2.46. The molecule has 0 bridgehead atoms. The lowest BCUT2D eigenvalue weighted by molar-refractivity contribution is -0.154. The number of aliphatic hydroxyl groups excluding tert-OH is 4. The number of nitrogen functional groups attached to an aromatic ring is 2. The van der Waals surface area contributed by atoms with E-state index in [9.17, 15) is 90.0 Å². The largest absolute Gasteiger partial charge is 0.476 e. The first kappa shape index (κ1) is 67.8. The Bertz CT molecular complexity index is 4400. The van der Waals surface area contributed by atoms with E-state index in [2.05, 4.69) is 29.9 Å². The Labute approximate surface area is 546 Å². The van der Waals surface area contributed by atoms with Crippen molar-refractivity contribution in [1.82, 2.24) is 58.3 Å². The number of aliphatic carboxylic acids is 2. The molecular formula is C50H50N14O25S6. The van der Waals surface area contributed by atoms with Gasteiger partial charge in [-0.25, -0.2) is 49.1 Å². The lowest BCUT2D eigenvalue weighted by Gasteiger charge is -2.48. The molecule has 0 radical (unpaired) electrons. The maximum absolute atomic E-state index is 13.0. The van der Waals surface area contributed by atoms with E-state index in [0.717, 1.165) is 39.1 Å². The van der Waals surface area contributed by atoms with Crippen LogP contribution in [0.25, 0.3) is 22.3 Å². The van der Waals surface area contributed by atoms with Crippen LogP contribution in [0.3, 0.4) is 0 Å². The van der Waals surface area contributed by atoms with Crippen LogP contribution in [0.4, 0.5) is 21.2 Å². The van der Waals surface area contributed by atoms with Crippen molar-refractivity contribution in [2.45, 2.75) is 85.5 Å². The number of fused-ring (bicyclic) bond motifs is 4. The molecule has 12 heterocycles. The molecule has 12 N–H and O–H groups in total. The molecule has 1 unspecified atom stereocenters. The third-order valence-electron chi connectivity index (χ3n) is 15.1. The van der Waals surface area contributed by atoms with Crippen LogP contribution in [0, 0.1) is 11.8 Å². The molecule has 0 aliphatic carbocycles. The minimum absolute atomic E-state index is 0.0406. The summed E-state index contributed by atoms with van der Waals surface area (Å²) in [5.74, 6) is -9.18. The lowest BCUT2D eigenvalue weighted by Crippen LogP contribution is -2.65. The molecule has 4 amide bonds. The number of Topliss-reactive ketones (excluding diaryl/α,β-unsaturated/α-hetero) is 2. The van der Waals surface area contributed by atoms with E-state index in [1.165, 1.54) is 53.9 Å². The van der Waals surface area contributed by atoms with Gasteiger partial charge in [0.2, 0.25) is 11.8 Å². The quantitative estimate of drug-likeness (QED) is 0.0308. The predicted molar refractivity (Wildman–Crippen MR) is 319 cm³/mol. The van der Waals surface area contributed by atoms with Crippen molar-refractivity contribution >= 4 is 147 Å². The van der Waals surface area contributed by atoms with E-state index in [0.29, 0.717) is 4.90 Å². The summed E-state index contributed by atoms with van der Waals surface area (Å²) in [4.78, 5) is 127. The van der Waals surface area contributed by atoms with Crippen molar-refractivity contribution in [2.24, 2.45) is 11.8 Å². The number of aliphatic hydroxyl groups is 4. The van der Waals surface area contributed by atoms with Gasteiger partial charge in [-0.2, -0.15) is 26.3 Å². The highest BCUT2D eigenvalue weighted by atomic mass is 32.2. The molecule has 0 saturated carbocycles. The number of thiophene rings is 2.